The number of rotatable bonds is 3. The fourth-order valence-corrected chi connectivity index (χ4v) is 2.53. The van der Waals surface area contributed by atoms with Gasteiger partial charge in [-0.15, -0.1) is 0 Å². The normalized spacial score (nSPS) is 10.8. The molecule has 0 bridgehead atoms. The SMILES string of the molecule is Cc1ccccc1N(C)c1ncnc(Cl)c1C(C)C. The topological polar surface area (TPSA) is 29.0 Å². The second-order valence-electron chi connectivity index (χ2n) is 4.90. The first-order valence-corrected chi connectivity index (χ1v) is 6.70. The predicted octanol–water partition coefficient (Wildman–Crippen LogP) is 4.33. The molecule has 3 nitrogen and oxygen atoms in total. The summed E-state index contributed by atoms with van der Waals surface area (Å²) in [5.41, 5.74) is 3.31. The van der Waals surface area contributed by atoms with E-state index >= 15 is 0 Å². The number of para-hydroxylation sites is 1. The Labute approximate surface area is 119 Å². The molecule has 0 radical (unpaired) electrons. The molecule has 0 aliphatic carbocycles. The lowest BCUT2D eigenvalue weighted by molar-refractivity contribution is 0.839. The van der Waals surface area contributed by atoms with Gasteiger partial charge in [0.25, 0.3) is 0 Å². The molecule has 0 saturated heterocycles. The van der Waals surface area contributed by atoms with E-state index in [1.807, 2.05) is 19.2 Å². The van der Waals surface area contributed by atoms with Gasteiger partial charge in [-0.3, -0.25) is 0 Å². The van der Waals surface area contributed by atoms with Crippen molar-refractivity contribution in [1.29, 1.82) is 0 Å². The molecule has 2 rings (SSSR count). The van der Waals surface area contributed by atoms with Crippen LogP contribution < -0.4 is 4.90 Å². The molecule has 0 unspecified atom stereocenters. The van der Waals surface area contributed by atoms with Gasteiger partial charge in [-0.25, -0.2) is 9.97 Å². The molecular formula is C15H18ClN3. The van der Waals surface area contributed by atoms with Crippen molar-refractivity contribution in [2.45, 2.75) is 26.7 Å². The van der Waals surface area contributed by atoms with Crippen molar-refractivity contribution in [3.05, 3.63) is 46.9 Å². The lowest BCUT2D eigenvalue weighted by Crippen LogP contribution is -2.16. The third kappa shape index (κ3) is 2.71. The van der Waals surface area contributed by atoms with Crippen LogP contribution in [-0.2, 0) is 0 Å². The number of aromatic nitrogens is 2. The molecule has 1 aromatic heterocycles. The van der Waals surface area contributed by atoms with E-state index in [-0.39, 0.29) is 5.92 Å². The van der Waals surface area contributed by atoms with Crippen molar-refractivity contribution in [1.82, 2.24) is 9.97 Å². The third-order valence-electron chi connectivity index (χ3n) is 3.19. The van der Waals surface area contributed by atoms with Crippen molar-refractivity contribution in [3.63, 3.8) is 0 Å². The van der Waals surface area contributed by atoms with Crippen LogP contribution >= 0.6 is 11.6 Å². The van der Waals surface area contributed by atoms with Gasteiger partial charge in [-0.05, 0) is 24.5 Å². The largest absolute Gasteiger partial charge is 0.329 e. The highest BCUT2D eigenvalue weighted by Crippen LogP contribution is 2.34. The minimum Gasteiger partial charge on any atom is -0.329 e. The zero-order chi connectivity index (χ0) is 14.0. The van der Waals surface area contributed by atoms with Gasteiger partial charge >= 0.3 is 0 Å². The fraction of sp³-hybridized carbons (Fsp3) is 0.333. The molecule has 0 atom stereocenters. The number of hydrogen-bond donors (Lipinski definition) is 0. The van der Waals surface area contributed by atoms with E-state index in [4.69, 9.17) is 11.6 Å². The summed E-state index contributed by atoms with van der Waals surface area (Å²) >= 11 is 6.22. The molecule has 0 fully saturated rings. The van der Waals surface area contributed by atoms with Crippen molar-refractivity contribution < 1.29 is 0 Å². The van der Waals surface area contributed by atoms with Gasteiger partial charge < -0.3 is 4.90 Å². The van der Waals surface area contributed by atoms with Gasteiger partial charge in [0.05, 0.1) is 0 Å². The van der Waals surface area contributed by atoms with E-state index in [0.29, 0.717) is 5.15 Å². The summed E-state index contributed by atoms with van der Waals surface area (Å²) in [7, 11) is 2.01. The number of halogens is 1. The number of nitrogens with zero attached hydrogens (tertiary/aromatic N) is 3. The monoisotopic (exact) mass is 275 g/mol. The third-order valence-corrected chi connectivity index (χ3v) is 3.49. The first kappa shape index (κ1) is 13.8. The number of hydrogen-bond acceptors (Lipinski definition) is 3. The Bertz CT molecular complexity index is 581. The number of benzene rings is 1. The standard InChI is InChI=1S/C15H18ClN3/c1-10(2)13-14(16)17-9-18-15(13)19(4)12-8-6-5-7-11(12)3/h5-10H,1-4H3. The predicted molar refractivity (Wildman–Crippen MR) is 80.4 cm³/mol. The summed E-state index contributed by atoms with van der Waals surface area (Å²) in [4.78, 5) is 10.6. The lowest BCUT2D eigenvalue weighted by atomic mass is 10.1. The van der Waals surface area contributed by atoms with Crippen LogP contribution in [0.1, 0.15) is 30.9 Å². The van der Waals surface area contributed by atoms with Crippen LogP contribution in [0.15, 0.2) is 30.6 Å². The Morgan fingerprint density at radius 1 is 1.16 bits per heavy atom. The summed E-state index contributed by atoms with van der Waals surface area (Å²) in [5, 5.41) is 0.528. The molecule has 0 amide bonds. The average Bonchev–Trinajstić information content (AvgIpc) is 2.37. The van der Waals surface area contributed by atoms with Gasteiger partial charge in [-0.2, -0.15) is 0 Å². The number of aryl methyl sites for hydroxylation is 1. The molecule has 0 spiro atoms. The summed E-state index contributed by atoms with van der Waals surface area (Å²) in [6.45, 7) is 6.28. The Morgan fingerprint density at radius 3 is 2.47 bits per heavy atom. The Hall–Kier alpha value is -1.61. The van der Waals surface area contributed by atoms with Crippen LogP contribution in [0, 0.1) is 6.92 Å². The van der Waals surface area contributed by atoms with Gasteiger partial charge in [-0.1, -0.05) is 43.6 Å². The minimum absolute atomic E-state index is 0.273. The fourth-order valence-electron chi connectivity index (χ4n) is 2.18. The van der Waals surface area contributed by atoms with Crippen molar-refractivity contribution in [2.24, 2.45) is 0 Å². The molecule has 1 heterocycles. The minimum atomic E-state index is 0.273. The maximum atomic E-state index is 6.22. The van der Waals surface area contributed by atoms with Crippen LogP contribution in [0.4, 0.5) is 11.5 Å². The molecule has 1 aromatic carbocycles. The molecule has 0 aliphatic rings. The maximum absolute atomic E-state index is 6.22. The van der Waals surface area contributed by atoms with Crippen molar-refractivity contribution >= 4 is 23.1 Å². The molecular weight excluding hydrogens is 258 g/mol. The molecule has 0 aliphatic heterocycles. The van der Waals surface area contributed by atoms with Gasteiger partial charge in [0.15, 0.2) is 0 Å². The first-order chi connectivity index (χ1) is 9.02. The van der Waals surface area contributed by atoms with E-state index in [9.17, 15) is 0 Å². The highest BCUT2D eigenvalue weighted by atomic mass is 35.5. The van der Waals surface area contributed by atoms with E-state index in [1.54, 1.807) is 0 Å². The molecule has 0 N–H and O–H groups in total. The summed E-state index contributed by atoms with van der Waals surface area (Å²) in [6, 6.07) is 8.22. The van der Waals surface area contributed by atoms with Gasteiger partial charge in [0.2, 0.25) is 0 Å². The second kappa shape index (κ2) is 5.57. The molecule has 100 valence electrons. The maximum Gasteiger partial charge on any atom is 0.141 e. The van der Waals surface area contributed by atoms with Gasteiger partial charge in [0.1, 0.15) is 17.3 Å². The van der Waals surface area contributed by atoms with E-state index < -0.39 is 0 Å². The van der Waals surface area contributed by atoms with Crippen molar-refractivity contribution in [2.75, 3.05) is 11.9 Å². The van der Waals surface area contributed by atoms with Gasteiger partial charge in [0, 0.05) is 18.3 Å². The zero-order valence-electron chi connectivity index (χ0n) is 11.7. The lowest BCUT2D eigenvalue weighted by Gasteiger charge is -2.24. The quantitative estimate of drug-likeness (QED) is 0.781. The van der Waals surface area contributed by atoms with E-state index in [2.05, 4.69) is 47.8 Å². The van der Waals surface area contributed by atoms with Crippen LogP contribution in [0.3, 0.4) is 0 Å². The van der Waals surface area contributed by atoms with Crippen LogP contribution in [0.5, 0.6) is 0 Å². The zero-order valence-corrected chi connectivity index (χ0v) is 12.4. The van der Waals surface area contributed by atoms with Crippen LogP contribution in [-0.4, -0.2) is 17.0 Å². The smallest absolute Gasteiger partial charge is 0.141 e. The summed E-state index contributed by atoms with van der Waals surface area (Å²) in [5.74, 6) is 1.14. The molecule has 0 saturated carbocycles. The first-order valence-electron chi connectivity index (χ1n) is 6.32. The Kier molecular flexibility index (Phi) is 4.05. The summed E-state index contributed by atoms with van der Waals surface area (Å²) in [6.07, 6.45) is 1.51. The molecule has 4 heteroatoms. The highest BCUT2D eigenvalue weighted by Gasteiger charge is 2.18. The Morgan fingerprint density at radius 2 is 1.84 bits per heavy atom. The highest BCUT2D eigenvalue weighted by molar-refractivity contribution is 6.30. The number of anilines is 2. The second-order valence-corrected chi connectivity index (χ2v) is 5.26. The Balaban J connectivity index is 2.54. The van der Waals surface area contributed by atoms with Crippen molar-refractivity contribution in [3.8, 4) is 0 Å². The van der Waals surface area contributed by atoms with E-state index in [1.165, 1.54) is 11.9 Å². The van der Waals surface area contributed by atoms with E-state index in [0.717, 1.165) is 17.1 Å². The average molecular weight is 276 g/mol. The molecule has 2 aromatic rings. The van der Waals surface area contributed by atoms with Crippen LogP contribution in [0.25, 0.3) is 0 Å². The van der Waals surface area contributed by atoms with Crippen LogP contribution in [0.2, 0.25) is 5.15 Å². The molecule has 19 heavy (non-hydrogen) atoms. The summed E-state index contributed by atoms with van der Waals surface area (Å²) < 4.78 is 0.